The second-order valence-electron chi connectivity index (χ2n) is 5.69. The number of hydrogen-bond donors (Lipinski definition) is 2. The van der Waals surface area contributed by atoms with E-state index in [1.165, 1.54) is 0 Å². The molecular formula is C19H23N3O3. The molecule has 0 aromatic heterocycles. The van der Waals surface area contributed by atoms with Crippen molar-refractivity contribution in [3.8, 4) is 0 Å². The van der Waals surface area contributed by atoms with Crippen molar-refractivity contribution in [2.45, 2.75) is 0 Å². The molecule has 0 radical (unpaired) electrons. The van der Waals surface area contributed by atoms with Crippen LogP contribution in [0.25, 0.3) is 0 Å². The van der Waals surface area contributed by atoms with E-state index in [9.17, 15) is 9.59 Å². The summed E-state index contributed by atoms with van der Waals surface area (Å²) >= 11 is 0. The Kier molecular flexibility index (Phi) is 6.54. The lowest BCUT2D eigenvalue weighted by atomic mass is 10.1. The second kappa shape index (κ2) is 8.84. The third-order valence-corrected chi connectivity index (χ3v) is 3.64. The average molecular weight is 341 g/mol. The van der Waals surface area contributed by atoms with Crippen molar-refractivity contribution in [3.63, 3.8) is 0 Å². The number of para-hydroxylation sites is 1. The summed E-state index contributed by atoms with van der Waals surface area (Å²) in [5.74, 6) is -0.518. The van der Waals surface area contributed by atoms with Gasteiger partial charge in [0.25, 0.3) is 11.8 Å². The minimum absolute atomic E-state index is 0.255. The van der Waals surface area contributed by atoms with Crippen molar-refractivity contribution >= 4 is 23.2 Å². The molecule has 2 amide bonds. The van der Waals surface area contributed by atoms with Gasteiger partial charge in [0.05, 0.1) is 17.9 Å². The average Bonchev–Trinajstić information content (AvgIpc) is 2.62. The Hall–Kier alpha value is -2.86. The van der Waals surface area contributed by atoms with Crippen LogP contribution < -0.4 is 15.5 Å². The first-order valence-electron chi connectivity index (χ1n) is 7.98. The van der Waals surface area contributed by atoms with Crippen molar-refractivity contribution in [2.24, 2.45) is 0 Å². The topological polar surface area (TPSA) is 70.7 Å². The molecule has 0 heterocycles. The van der Waals surface area contributed by atoms with Gasteiger partial charge in [-0.3, -0.25) is 9.59 Å². The number of methoxy groups -OCH3 is 1. The van der Waals surface area contributed by atoms with E-state index >= 15 is 0 Å². The zero-order valence-corrected chi connectivity index (χ0v) is 14.7. The SMILES string of the molecule is COCCNC(=O)c1ccccc1NC(=O)c1cccc(N(C)C)c1. The van der Waals surface area contributed by atoms with E-state index in [4.69, 9.17) is 4.74 Å². The lowest BCUT2D eigenvalue weighted by Crippen LogP contribution is -2.28. The van der Waals surface area contributed by atoms with Gasteiger partial charge in [0.15, 0.2) is 0 Å². The summed E-state index contributed by atoms with van der Waals surface area (Å²) in [7, 11) is 5.40. The van der Waals surface area contributed by atoms with Gasteiger partial charge in [-0.2, -0.15) is 0 Å². The maximum atomic E-state index is 12.5. The van der Waals surface area contributed by atoms with Crippen molar-refractivity contribution in [1.82, 2.24) is 5.32 Å². The van der Waals surface area contributed by atoms with Crippen LogP contribution in [0.4, 0.5) is 11.4 Å². The largest absolute Gasteiger partial charge is 0.383 e. The molecular weight excluding hydrogens is 318 g/mol. The smallest absolute Gasteiger partial charge is 0.255 e. The molecule has 6 nitrogen and oxygen atoms in total. The molecule has 2 rings (SSSR count). The number of ether oxygens (including phenoxy) is 1. The van der Waals surface area contributed by atoms with Gasteiger partial charge in [-0.15, -0.1) is 0 Å². The van der Waals surface area contributed by atoms with E-state index in [0.717, 1.165) is 5.69 Å². The van der Waals surface area contributed by atoms with Crippen molar-refractivity contribution in [1.29, 1.82) is 0 Å². The van der Waals surface area contributed by atoms with E-state index in [2.05, 4.69) is 10.6 Å². The molecule has 0 aliphatic rings. The Bertz CT molecular complexity index is 744. The monoisotopic (exact) mass is 341 g/mol. The fourth-order valence-electron chi connectivity index (χ4n) is 2.27. The summed E-state index contributed by atoms with van der Waals surface area (Å²) in [6.45, 7) is 0.833. The van der Waals surface area contributed by atoms with Gasteiger partial charge in [-0.25, -0.2) is 0 Å². The van der Waals surface area contributed by atoms with Crippen LogP contribution in [-0.4, -0.2) is 46.2 Å². The number of carbonyl (C=O) groups excluding carboxylic acids is 2. The van der Waals surface area contributed by atoms with Gasteiger partial charge in [0.2, 0.25) is 0 Å². The number of nitrogens with one attached hydrogen (secondary N) is 2. The van der Waals surface area contributed by atoms with E-state index in [0.29, 0.717) is 30.0 Å². The molecule has 0 unspecified atom stereocenters. The minimum Gasteiger partial charge on any atom is -0.383 e. The molecule has 0 saturated carbocycles. The van der Waals surface area contributed by atoms with Gasteiger partial charge < -0.3 is 20.3 Å². The third-order valence-electron chi connectivity index (χ3n) is 3.64. The highest BCUT2D eigenvalue weighted by atomic mass is 16.5. The summed E-state index contributed by atoms with van der Waals surface area (Å²) in [6, 6.07) is 14.2. The van der Waals surface area contributed by atoms with Crippen LogP contribution in [0.15, 0.2) is 48.5 Å². The molecule has 2 N–H and O–H groups in total. The summed E-state index contributed by atoms with van der Waals surface area (Å²) in [4.78, 5) is 26.7. The Morgan fingerprint density at radius 3 is 2.52 bits per heavy atom. The van der Waals surface area contributed by atoms with E-state index < -0.39 is 0 Å². The van der Waals surface area contributed by atoms with Crippen molar-refractivity contribution in [3.05, 3.63) is 59.7 Å². The normalized spacial score (nSPS) is 10.2. The molecule has 25 heavy (non-hydrogen) atoms. The van der Waals surface area contributed by atoms with Crippen LogP contribution in [-0.2, 0) is 4.74 Å². The van der Waals surface area contributed by atoms with Crippen molar-refractivity contribution in [2.75, 3.05) is 44.6 Å². The molecule has 0 aliphatic heterocycles. The van der Waals surface area contributed by atoms with Crippen LogP contribution in [0, 0.1) is 0 Å². The number of anilines is 2. The Balaban J connectivity index is 2.16. The minimum atomic E-state index is -0.263. The molecule has 132 valence electrons. The zero-order valence-electron chi connectivity index (χ0n) is 14.7. The van der Waals surface area contributed by atoms with Crippen molar-refractivity contribution < 1.29 is 14.3 Å². The first kappa shape index (κ1) is 18.5. The van der Waals surface area contributed by atoms with Gasteiger partial charge in [-0.1, -0.05) is 18.2 Å². The molecule has 0 fully saturated rings. The van der Waals surface area contributed by atoms with Gasteiger partial charge in [-0.05, 0) is 30.3 Å². The van der Waals surface area contributed by atoms with Gasteiger partial charge in [0.1, 0.15) is 0 Å². The lowest BCUT2D eigenvalue weighted by Gasteiger charge is -2.14. The van der Waals surface area contributed by atoms with E-state index in [1.54, 1.807) is 43.5 Å². The summed E-state index contributed by atoms with van der Waals surface area (Å²) < 4.78 is 4.92. The van der Waals surface area contributed by atoms with E-state index in [1.807, 2.05) is 31.1 Å². The van der Waals surface area contributed by atoms with Crippen LogP contribution in [0.2, 0.25) is 0 Å². The lowest BCUT2D eigenvalue weighted by molar-refractivity contribution is 0.0938. The predicted molar refractivity (Wildman–Crippen MR) is 99.4 cm³/mol. The zero-order chi connectivity index (χ0) is 18.2. The first-order chi connectivity index (χ1) is 12.0. The van der Waals surface area contributed by atoms with Crippen LogP contribution in [0.3, 0.4) is 0 Å². The van der Waals surface area contributed by atoms with Crippen LogP contribution in [0.5, 0.6) is 0 Å². The number of benzene rings is 2. The first-order valence-corrected chi connectivity index (χ1v) is 7.98. The molecule has 0 aliphatic carbocycles. The summed E-state index contributed by atoms with van der Waals surface area (Å²) in [5, 5.41) is 5.57. The fourth-order valence-corrected chi connectivity index (χ4v) is 2.27. The number of nitrogens with zero attached hydrogens (tertiary/aromatic N) is 1. The molecule has 0 spiro atoms. The van der Waals surface area contributed by atoms with Crippen LogP contribution in [0.1, 0.15) is 20.7 Å². The molecule has 0 atom stereocenters. The molecule has 6 heteroatoms. The Morgan fingerprint density at radius 2 is 1.80 bits per heavy atom. The number of amides is 2. The van der Waals surface area contributed by atoms with Gasteiger partial charge >= 0.3 is 0 Å². The molecule has 0 bridgehead atoms. The van der Waals surface area contributed by atoms with E-state index in [-0.39, 0.29) is 11.8 Å². The quantitative estimate of drug-likeness (QED) is 0.759. The van der Waals surface area contributed by atoms with Crippen LogP contribution >= 0.6 is 0 Å². The highest BCUT2D eigenvalue weighted by Gasteiger charge is 2.14. The molecule has 2 aromatic carbocycles. The fraction of sp³-hybridized carbons (Fsp3) is 0.263. The standard InChI is InChI=1S/C19H23N3O3/c1-22(2)15-8-6-7-14(13-15)18(23)21-17-10-5-4-9-16(17)19(24)20-11-12-25-3/h4-10,13H,11-12H2,1-3H3,(H,20,24)(H,21,23). The summed E-state index contributed by atoms with van der Waals surface area (Å²) in [6.07, 6.45) is 0. The predicted octanol–water partition coefficient (Wildman–Crippen LogP) is 2.38. The third kappa shape index (κ3) is 5.06. The highest BCUT2D eigenvalue weighted by molar-refractivity contribution is 6.09. The maximum Gasteiger partial charge on any atom is 0.255 e. The Morgan fingerprint density at radius 1 is 1.04 bits per heavy atom. The number of rotatable bonds is 7. The second-order valence-corrected chi connectivity index (χ2v) is 5.69. The summed E-state index contributed by atoms with van der Waals surface area (Å²) in [5.41, 5.74) is 2.34. The number of hydrogen-bond acceptors (Lipinski definition) is 4. The molecule has 2 aromatic rings. The molecule has 0 saturated heterocycles. The van der Waals surface area contributed by atoms with Gasteiger partial charge in [0, 0.05) is 39.0 Å². The maximum absolute atomic E-state index is 12.5. The number of carbonyl (C=O) groups is 2. The Labute approximate surface area is 147 Å². The highest BCUT2D eigenvalue weighted by Crippen LogP contribution is 2.18.